The fraction of sp³-hybridized carbons (Fsp3) is 0.692. The van der Waals surface area contributed by atoms with Crippen molar-refractivity contribution in [3.8, 4) is 0 Å². The first kappa shape index (κ1) is 15.9. The van der Waals surface area contributed by atoms with E-state index in [1.165, 1.54) is 11.3 Å². The van der Waals surface area contributed by atoms with Crippen molar-refractivity contribution in [2.75, 3.05) is 13.2 Å². The quantitative estimate of drug-likeness (QED) is 0.838. The van der Waals surface area contributed by atoms with Crippen molar-refractivity contribution in [3.63, 3.8) is 0 Å². The predicted molar refractivity (Wildman–Crippen MR) is 80.5 cm³/mol. The van der Waals surface area contributed by atoms with Crippen LogP contribution < -0.4 is 10.0 Å². The summed E-state index contributed by atoms with van der Waals surface area (Å²) in [7, 11) is -3.46. The van der Waals surface area contributed by atoms with Crippen molar-refractivity contribution < 1.29 is 13.2 Å². The Kier molecular flexibility index (Phi) is 4.86. The molecule has 2 rings (SSSR count). The average molecular weight is 318 g/mol. The molecule has 1 aromatic heterocycles. The molecule has 0 spiro atoms. The molecule has 0 aliphatic carbocycles. The van der Waals surface area contributed by atoms with Crippen LogP contribution in [0.15, 0.2) is 16.3 Å². The molecule has 1 atom stereocenters. The molecule has 1 unspecified atom stereocenters. The Morgan fingerprint density at radius 1 is 1.45 bits per heavy atom. The Balaban J connectivity index is 2.06. The third kappa shape index (κ3) is 4.02. The molecule has 1 aromatic rings. The lowest BCUT2D eigenvalue weighted by Gasteiger charge is -2.22. The molecule has 1 aliphatic heterocycles. The minimum Gasteiger partial charge on any atom is -0.379 e. The zero-order valence-corrected chi connectivity index (χ0v) is 13.7. The summed E-state index contributed by atoms with van der Waals surface area (Å²) in [5, 5.41) is 3.28. The van der Waals surface area contributed by atoms with Gasteiger partial charge in [-0.3, -0.25) is 0 Å². The van der Waals surface area contributed by atoms with E-state index in [2.05, 4.69) is 23.9 Å². The minimum atomic E-state index is -3.46. The summed E-state index contributed by atoms with van der Waals surface area (Å²) in [4.78, 5) is 1.02. The van der Waals surface area contributed by atoms with E-state index in [-0.39, 0.29) is 0 Å². The molecule has 1 saturated heterocycles. The van der Waals surface area contributed by atoms with E-state index in [4.69, 9.17) is 4.74 Å². The van der Waals surface area contributed by atoms with Gasteiger partial charge in [0.1, 0.15) is 4.21 Å². The standard InChI is InChI=1S/C13H22N2O3S2/c1-10(2)14-8-11-4-5-12(19-11)20(16,17)15-13(3)6-7-18-9-13/h4-5,10,14-15H,6-9H2,1-3H3. The predicted octanol–water partition coefficient (Wildman–Crippen LogP) is 1.70. The molecule has 2 N–H and O–H groups in total. The summed E-state index contributed by atoms with van der Waals surface area (Å²) in [6.45, 7) is 7.73. The van der Waals surface area contributed by atoms with E-state index in [1.807, 2.05) is 13.0 Å². The van der Waals surface area contributed by atoms with Crippen LogP contribution in [0, 0.1) is 0 Å². The topological polar surface area (TPSA) is 67.4 Å². The zero-order valence-electron chi connectivity index (χ0n) is 12.1. The van der Waals surface area contributed by atoms with Crippen LogP contribution in [0.5, 0.6) is 0 Å². The molecule has 1 fully saturated rings. The van der Waals surface area contributed by atoms with Crippen molar-refractivity contribution in [3.05, 3.63) is 17.0 Å². The molecule has 20 heavy (non-hydrogen) atoms. The smallest absolute Gasteiger partial charge is 0.250 e. The highest BCUT2D eigenvalue weighted by atomic mass is 32.2. The fourth-order valence-electron chi connectivity index (χ4n) is 2.02. The van der Waals surface area contributed by atoms with Crippen LogP contribution in [-0.4, -0.2) is 33.2 Å². The maximum Gasteiger partial charge on any atom is 0.250 e. The monoisotopic (exact) mass is 318 g/mol. The van der Waals surface area contributed by atoms with E-state index >= 15 is 0 Å². The number of hydrogen-bond acceptors (Lipinski definition) is 5. The van der Waals surface area contributed by atoms with E-state index in [0.29, 0.717) is 36.4 Å². The summed E-state index contributed by atoms with van der Waals surface area (Å²) < 4.78 is 33.1. The maximum atomic E-state index is 12.4. The van der Waals surface area contributed by atoms with Crippen LogP contribution in [0.2, 0.25) is 0 Å². The van der Waals surface area contributed by atoms with Gasteiger partial charge in [0.05, 0.1) is 12.1 Å². The second-order valence-electron chi connectivity index (χ2n) is 5.73. The third-order valence-electron chi connectivity index (χ3n) is 3.19. The molecule has 1 aliphatic rings. The Labute approximate surface area is 124 Å². The number of nitrogens with one attached hydrogen (secondary N) is 2. The normalized spacial score (nSPS) is 23.6. The van der Waals surface area contributed by atoms with E-state index in [0.717, 1.165) is 4.88 Å². The van der Waals surface area contributed by atoms with Crippen LogP contribution in [0.25, 0.3) is 0 Å². The SMILES string of the molecule is CC(C)NCc1ccc(S(=O)(=O)NC2(C)CCOC2)s1. The van der Waals surface area contributed by atoms with Crippen molar-refractivity contribution in [2.24, 2.45) is 0 Å². The van der Waals surface area contributed by atoms with Gasteiger partial charge >= 0.3 is 0 Å². The van der Waals surface area contributed by atoms with E-state index in [1.54, 1.807) is 6.07 Å². The second-order valence-corrected chi connectivity index (χ2v) is 8.80. The first-order chi connectivity index (χ1) is 9.31. The lowest BCUT2D eigenvalue weighted by atomic mass is 10.0. The summed E-state index contributed by atoms with van der Waals surface area (Å²) in [5.41, 5.74) is -0.487. The van der Waals surface area contributed by atoms with Crippen LogP contribution in [0.4, 0.5) is 0 Å². The second kappa shape index (κ2) is 6.11. The van der Waals surface area contributed by atoms with Crippen molar-refractivity contribution >= 4 is 21.4 Å². The molecular formula is C13H22N2O3S2. The van der Waals surface area contributed by atoms with Crippen LogP contribution in [0.1, 0.15) is 32.1 Å². The Bertz CT molecular complexity index is 546. The van der Waals surface area contributed by atoms with Gasteiger partial charge in [-0.2, -0.15) is 0 Å². The average Bonchev–Trinajstić information content (AvgIpc) is 2.95. The molecule has 0 radical (unpaired) electrons. The highest BCUT2D eigenvalue weighted by molar-refractivity contribution is 7.91. The number of hydrogen-bond donors (Lipinski definition) is 2. The van der Waals surface area contributed by atoms with Gasteiger partial charge in [-0.25, -0.2) is 13.1 Å². The summed E-state index contributed by atoms with van der Waals surface area (Å²) in [6, 6.07) is 3.91. The number of sulfonamides is 1. The highest BCUT2D eigenvalue weighted by Crippen LogP contribution is 2.25. The molecule has 114 valence electrons. The Morgan fingerprint density at radius 3 is 2.80 bits per heavy atom. The van der Waals surface area contributed by atoms with Crippen LogP contribution in [0.3, 0.4) is 0 Å². The van der Waals surface area contributed by atoms with Gasteiger partial charge in [-0.1, -0.05) is 13.8 Å². The van der Waals surface area contributed by atoms with E-state index < -0.39 is 15.6 Å². The minimum absolute atomic E-state index is 0.367. The molecule has 0 amide bonds. The highest BCUT2D eigenvalue weighted by Gasteiger charge is 2.35. The maximum absolute atomic E-state index is 12.4. The van der Waals surface area contributed by atoms with Crippen molar-refractivity contribution in [1.29, 1.82) is 0 Å². The molecular weight excluding hydrogens is 296 g/mol. The molecule has 7 heteroatoms. The van der Waals surface area contributed by atoms with E-state index in [9.17, 15) is 8.42 Å². The first-order valence-electron chi connectivity index (χ1n) is 6.75. The largest absolute Gasteiger partial charge is 0.379 e. The summed E-state index contributed by atoms with van der Waals surface area (Å²) in [5.74, 6) is 0. The van der Waals surface area contributed by atoms with Crippen molar-refractivity contribution in [2.45, 2.75) is 49.5 Å². The van der Waals surface area contributed by atoms with Crippen LogP contribution in [-0.2, 0) is 21.3 Å². The van der Waals surface area contributed by atoms with Gasteiger partial charge in [-0.15, -0.1) is 11.3 Å². The van der Waals surface area contributed by atoms with Crippen LogP contribution >= 0.6 is 11.3 Å². The lowest BCUT2D eigenvalue weighted by Crippen LogP contribution is -2.46. The van der Waals surface area contributed by atoms with Gasteiger partial charge in [0.2, 0.25) is 0 Å². The van der Waals surface area contributed by atoms with Gasteiger partial charge in [-0.05, 0) is 25.5 Å². The van der Waals surface area contributed by atoms with Gasteiger partial charge in [0, 0.05) is 24.1 Å². The molecule has 0 bridgehead atoms. The van der Waals surface area contributed by atoms with Gasteiger partial charge < -0.3 is 10.1 Å². The fourth-order valence-corrected chi connectivity index (χ4v) is 4.75. The number of ether oxygens (including phenoxy) is 1. The zero-order chi connectivity index (χ0) is 14.8. The van der Waals surface area contributed by atoms with Crippen molar-refractivity contribution in [1.82, 2.24) is 10.0 Å². The number of rotatable bonds is 6. The summed E-state index contributed by atoms with van der Waals surface area (Å²) in [6.07, 6.45) is 0.708. The summed E-state index contributed by atoms with van der Waals surface area (Å²) >= 11 is 1.31. The van der Waals surface area contributed by atoms with Gasteiger partial charge in [0.25, 0.3) is 10.0 Å². The Morgan fingerprint density at radius 2 is 2.20 bits per heavy atom. The molecule has 2 heterocycles. The number of thiophene rings is 1. The lowest BCUT2D eigenvalue weighted by molar-refractivity contribution is 0.178. The molecule has 5 nitrogen and oxygen atoms in total. The third-order valence-corrected chi connectivity index (χ3v) is 6.40. The first-order valence-corrected chi connectivity index (χ1v) is 9.05. The van der Waals surface area contributed by atoms with Gasteiger partial charge in [0.15, 0.2) is 0 Å². The Hall–Kier alpha value is -0.470. The molecule has 0 saturated carbocycles. The molecule has 0 aromatic carbocycles.